The molecule has 0 aliphatic heterocycles. The zero-order valence-corrected chi connectivity index (χ0v) is 12.5. The van der Waals surface area contributed by atoms with Crippen molar-refractivity contribution in [3.05, 3.63) is 29.8 Å². The number of benzene rings is 1. The van der Waals surface area contributed by atoms with Crippen molar-refractivity contribution in [1.29, 1.82) is 0 Å². The summed E-state index contributed by atoms with van der Waals surface area (Å²) in [4.78, 5) is 0. The summed E-state index contributed by atoms with van der Waals surface area (Å²) in [5, 5.41) is 22.0. The number of ether oxygens (including phenoxy) is 1. The van der Waals surface area contributed by atoms with Gasteiger partial charge in [0.2, 0.25) is 0 Å². The highest BCUT2D eigenvalue weighted by Gasteiger charge is 2.05. The smallest absolute Gasteiger partial charge is 0.119 e. The first-order chi connectivity index (χ1) is 9.61. The van der Waals surface area contributed by atoms with Crippen LogP contribution in [0, 0.1) is 0 Å². The Morgan fingerprint density at radius 3 is 2.50 bits per heavy atom. The molecule has 0 saturated heterocycles. The van der Waals surface area contributed by atoms with Crippen LogP contribution in [0.5, 0.6) is 5.75 Å². The molecule has 2 atom stereocenters. The largest absolute Gasteiger partial charge is 0.491 e. The molecule has 0 fully saturated rings. The Labute approximate surface area is 121 Å². The SMILES string of the molecule is CCc1ccc(OCC(O)CNCCCC(C)O)cc1. The van der Waals surface area contributed by atoms with Gasteiger partial charge in [0.25, 0.3) is 0 Å². The van der Waals surface area contributed by atoms with Crippen molar-refractivity contribution in [2.75, 3.05) is 19.7 Å². The van der Waals surface area contributed by atoms with E-state index in [0.29, 0.717) is 6.54 Å². The Bertz CT molecular complexity index is 351. The van der Waals surface area contributed by atoms with Crippen LogP contribution in [0.3, 0.4) is 0 Å². The van der Waals surface area contributed by atoms with Gasteiger partial charge < -0.3 is 20.3 Å². The molecular formula is C16H27NO3. The van der Waals surface area contributed by atoms with Gasteiger partial charge in [-0.05, 0) is 50.4 Å². The Kier molecular flexibility index (Phi) is 8.26. The molecule has 0 amide bonds. The van der Waals surface area contributed by atoms with E-state index >= 15 is 0 Å². The third-order valence-corrected chi connectivity index (χ3v) is 3.13. The van der Waals surface area contributed by atoms with Crippen molar-refractivity contribution in [2.24, 2.45) is 0 Å². The zero-order chi connectivity index (χ0) is 14.8. The molecule has 0 aliphatic carbocycles. The summed E-state index contributed by atoms with van der Waals surface area (Å²) < 4.78 is 5.53. The maximum absolute atomic E-state index is 9.78. The molecule has 1 aromatic rings. The first-order valence-corrected chi connectivity index (χ1v) is 7.40. The van der Waals surface area contributed by atoms with Crippen LogP contribution < -0.4 is 10.1 Å². The average Bonchev–Trinajstić information content (AvgIpc) is 2.45. The molecule has 4 nitrogen and oxygen atoms in total. The topological polar surface area (TPSA) is 61.7 Å². The van der Waals surface area contributed by atoms with Crippen LogP contribution in [-0.2, 0) is 6.42 Å². The fourth-order valence-corrected chi connectivity index (χ4v) is 1.86. The predicted molar refractivity (Wildman–Crippen MR) is 81.1 cm³/mol. The van der Waals surface area contributed by atoms with Gasteiger partial charge in [0.1, 0.15) is 18.5 Å². The van der Waals surface area contributed by atoms with Crippen LogP contribution in [0.1, 0.15) is 32.3 Å². The molecule has 0 bridgehead atoms. The summed E-state index contributed by atoms with van der Waals surface area (Å²) in [7, 11) is 0. The average molecular weight is 281 g/mol. The molecule has 4 heteroatoms. The van der Waals surface area contributed by atoms with Gasteiger partial charge in [0.15, 0.2) is 0 Å². The van der Waals surface area contributed by atoms with Crippen molar-refractivity contribution in [3.8, 4) is 5.75 Å². The number of hydrogen-bond donors (Lipinski definition) is 3. The van der Waals surface area contributed by atoms with Gasteiger partial charge >= 0.3 is 0 Å². The van der Waals surface area contributed by atoms with E-state index in [-0.39, 0.29) is 12.7 Å². The number of rotatable bonds is 10. The fourth-order valence-electron chi connectivity index (χ4n) is 1.86. The third-order valence-electron chi connectivity index (χ3n) is 3.13. The predicted octanol–water partition coefficient (Wildman–Crippen LogP) is 1.74. The molecule has 114 valence electrons. The minimum absolute atomic E-state index is 0.254. The fraction of sp³-hybridized carbons (Fsp3) is 0.625. The molecule has 0 aromatic heterocycles. The Morgan fingerprint density at radius 2 is 1.90 bits per heavy atom. The minimum atomic E-state index is -0.521. The second kappa shape index (κ2) is 9.75. The van der Waals surface area contributed by atoms with Gasteiger partial charge in [-0.1, -0.05) is 19.1 Å². The molecule has 0 aliphatic rings. The summed E-state index contributed by atoms with van der Waals surface area (Å²) >= 11 is 0. The van der Waals surface area contributed by atoms with E-state index < -0.39 is 6.10 Å². The van der Waals surface area contributed by atoms with E-state index in [2.05, 4.69) is 12.2 Å². The lowest BCUT2D eigenvalue weighted by Gasteiger charge is -2.13. The van der Waals surface area contributed by atoms with E-state index in [0.717, 1.165) is 31.6 Å². The molecule has 20 heavy (non-hydrogen) atoms. The van der Waals surface area contributed by atoms with Crippen LogP contribution in [-0.4, -0.2) is 42.1 Å². The van der Waals surface area contributed by atoms with Crippen LogP contribution in [0.4, 0.5) is 0 Å². The standard InChI is InChI=1S/C16H27NO3/c1-3-14-6-8-16(9-7-14)20-12-15(19)11-17-10-4-5-13(2)18/h6-9,13,15,17-19H,3-5,10-12H2,1-2H3. The van der Waals surface area contributed by atoms with Crippen LogP contribution in [0.15, 0.2) is 24.3 Å². The lowest BCUT2D eigenvalue weighted by molar-refractivity contribution is 0.106. The van der Waals surface area contributed by atoms with Gasteiger partial charge in [-0.15, -0.1) is 0 Å². The van der Waals surface area contributed by atoms with Crippen LogP contribution >= 0.6 is 0 Å². The third kappa shape index (κ3) is 7.48. The van der Waals surface area contributed by atoms with E-state index in [1.165, 1.54) is 5.56 Å². The van der Waals surface area contributed by atoms with Gasteiger partial charge in [0.05, 0.1) is 6.10 Å². The number of aliphatic hydroxyl groups is 2. The van der Waals surface area contributed by atoms with Crippen molar-refractivity contribution >= 4 is 0 Å². The molecular weight excluding hydrogens is 254 g/mol. The van der Waals surface area contributed by atoms with Gasteiger partial charge in [-0.2, -0.15) is 0 Å². The second-order valence-corrected chi connectivity index (χ2v) is 5.16. The molecule has 0 radical (unpaired) electrons. The van der Waals surface area contributed by atoms with E-state index in [1.807, 2.05) is 24.3 Å². The summed E-state index contributed by atoms with van der Waals surface area (Å²) in [6.45, 7) is 5.49. The molecule has 1 aromatic carbocycles. The Morgan fingerprint density at radius 1 is 1.20 bits per heavy atom. The maximum Gasteiger partial charge on any atom is 0.119 e. The summed E-state index contributed by atoms with van der Waals surface area (Å²) in [6.07, 6.45) is 1.93. The first-order valence-electron chi connectivity index (χ1n) is 7.40. The molecule has 0 spiro atoms. The van der Waals surface area contributed by atoms with Gasteiger partial charge in [-0.25, -0.2) is 0 Å². The summed E-state index contributed by atoms with van der Waals surface area (Å²) in [6, 6.07) is 7.94. The minimum Gasteiger partial charge on any atom is -0.491 e. The van der Waals surface area contributed by atoms with Crippen LogP contribution in [0.2, 0.25) is 0 Å². The molecule has 0 heterocycles. The van der Waals surface area contributed by atoms with E-state index in [1.54, 1.807) is 6.92 Å². The lowest BCUT2D eigenvalue weighted by Crippen LogP contribution is -2.32. The van der Waals surface area contributed by atoms with E-state index in [9.17, 15) is 5.11 Å². The molecule has 3 N–H and O–H groups in total. The van der Waals surface area contributed by atoms with Gasteiger partial charge in [0, 0.05) is 6.54 Å². The highest BCUT2D eigenvalue weighted by atomic mass is 16.5. The number of nitrogens with one attached hydrogen (secondary N) is 1. The zero-order valence-electron chi connectivity index (χ0n) is 12.5. The number of aryl methyl sites for hydroxylation is 1. The normalized spacial score (nSPS) is 14.0. The molecule has 1 rings (SSSR count). The lowest BCUT2D eigenvalue weighted by atomic mass is 10.2. The Hall–Kier alpha value is -1.10. The van der Waals surface area contributed by atoms with Crippen molar-refractivity contribution in [3.63, 3.8) is 0 Å². The second-order valence-electron chi connectivity index (χ2n) is 5.16. The highest BCUT2D eigenvalue weighted by molar-refractivity contribution is 5.27. The van der Waals surface area contributed by atoms with Crippen molar-refractivity contribution < 1.29 is 14.9 Å². The van der Waals surface area contributed by atoms with Gasteiger partial charge in [-0.3, -0.25) is 0 Å². The Balaban J connectivity index is 2.11. The van der Waals surface area contributed by atoms with Crippen LogP contribution in [0.25, 0.3) is 0 Å². The molecule has 2 unspecified atom stereocenters. The monoisotopic (exact) mass is 281 g/mol. The van der Waals surface area contributed by atoms with Crippen molar-refractivity contribution in [2.45, 2.75) is 45.3 Å². The summed E-state index contributed by atoms with van der Waals surface area (Å²) in [5.74, 6) is 0.787. The highest BCUT2D eigenvalue weighted by Crippen LogP contribution is 2.12. The summed E-state index contributed by atoms with van der Waals surface area (Å²) in [5.41, 5.74) is 1.28. The quantitative estimate of drug-likeness (QED) is 0.572. The maximum atomic E-state index is 9.78. The number of aliphatic hydroxyl groups excluding tert-OH is 2. The van der Waals surface area contributed by atoms with Crippen molar-refractivity contribution in [1.82, 2.24) is 5.32 Å². The van der Waals surface area contributed by atoms with E-state index in [4.69, 9.17) is 9.84 Å². The first kappa shape index (κ1) is 17.0. The number of hydrogen-bond acceptors (Lipinski definition) is 4. The molecule has 0 saturated carbocycles.